The maximum Gasteiger partial charge on any atom is 0.231 e. The number of nitrogens with one attached hydrogen (secondary N) is 1. The zero-order chi connectivity index (χ0) is 21.0. The summed E-state index contributed by atoms with van der Waals surface area (Å²) in [6.45, 7) is 4.51. The summed E-state index contributed by atoms with van der Waals surface area (Å²) in [5, 5.41) is 11.8. The molecular formula is C24H30N6O. The van der Waals surface area contributed by atoms with Crippen LogP contribution in [0.3, 0.4) is 0 Å². The lowest BCUT2D eigenvalue weighted by Crippen LogP contribution is -2.42. The first-order valence-corrected chi connectivity index (χ1v) is 11.4. The van der Waals surface area contributed by atoms with E-state index in [1.807, 2.05) is 28.8 Å². The van der Waals surface area contributed by atoms with Crippen LogP contribution in [0.15, 0.2) is 48.7 Å². The second-order valence-corrected chi connectivity index (χ2v) is 8.55. The molecule has 1 amide bonds. The molecule has 1 N–H and O–H groups in total. The summed E-state index contributed by atoms with van der Waals surface area (Å²) in [5.41, 5.74) is 3.67. The van der Waals surface area contributed by atoms with Crippen LogP contribution in [0.1, 0.15) is 31.2 Å². The van der Waals surface area contributed by atoms with Gasteiger partial charge in [0.15, 0.2) is 5.65 Å². The summed E-state index contributed by atoms with van der Waals surface area (Å²) in [7, 11) is 0. The fourth-order valence-corrected chi connectivity index (χ4v) is 4.86. The molecule has 2 aliphatic heterocycles. The number of carbonyl (C=O) groups is 1. The van der Waals surface area contributed by atoms with Gasteiger partial charge in [-0.3, -0.25) is 9.20 Å². The van der Waals surface area contributed by atoms with E-state index >= 15 is 0 Å². The van der Waals surface area contributed by atoms with Gasteiger partial charge in [-0.25, -0.2) is 0 Å². The molecule has 4 heterocycles. The van der Waals surface area contributed by atoms with Crippen molar-refractivity contribution in [3.05, 3.63) is 54.2 Å². The molecular weight excluding hydrogens is 388 g/mol. The molecule has 1 aromatic carbocycles. The lowest BCUT2D eigenvalue weighted by atomic mass is 9.96. The highest BCUT2D eigenvalue weighted by Gasteiger charge is 2.27. The Kier molecular flexibility index (Phi) is 5.74. The Hall–Kier alpha value is -3.09. The number of hydrogen-bond donors (Lipinski definition) is 1. The van der Waals surface area contributed by atoms with Gasteiger partial charge in [0.05, 0.1) is 0 Å². The van der Waals surface area contributed by atoms with Crippen LogP contribution < -0.4 is 15.1 Å². The first-order valence-electron chi connectivity index (χ1n) is 11.4. The molecule has 7 nitrogen and oxygen atoms in total. The Morgan fingerprint density at radius 2 is 1.87 bits per heavy atom. The molecule has 2 aromatic heterocycles. The van der Waals surface area contributed by atoms with Crippen molar-refractivity contribution >= 4 is 23.2 Å². The molecule has 0 atom stereocenters. The number of pyridine rings is 1. The third kappa shape index (κ3) is 4.22. The summed E-state index contributed by atoms with van der Waals surface area (Å²) >= 11 is 0. The number of amides is 1. The highest BCUT2D eigenvalue weighted by Crippen LogP contribution is 2.26. The number of hydrogen-bond acceptors (Lipinski definition) is 5. The van der Waals surface area contributed by atoms with E-state index in [0.29, 0.717) is 0 Å². The van der Waals surface area contributed by atoms with Crippen molar-refractivity contribution in [1.29, 1.82) is 0 Å². The Morgan fingerprint density at radius 3 is 2.77 bits per heavy atom. The Morgan fingerprint density at radius 1 is 1.03 bits per heavy atom. The van der Waals surface area contributed by atoms with Gasteiger partial charge in [0, 0.05) is 50.5 Å². The van der Waals surface area contributed by atoms with E-state index in [9.17, 15) is 4.79 Å². The fraction of sp³-hybridized carbons (Fsp3) is 0.458. The van der Waals surface area contributed by atoms with Crippen molar-refractivity contribution in [3.63, 3.8) is 0 Å². The Labute approximate surface area is 183 Å². The van der Waals surface area contributed by atoms with Crippen molar-refractivity contribution in [2.24, 2.45) is 5.92 Å². The number of fused-ring (bicyclic) bond motifs is 2. The molecule has 0 unspecified atom stereocenters. The molecule has 0 spiro atoms. The molecule has 7 heteroatoms. The lowest BCUT2D eigenvalue weighted by molar-refractivity contribution is -0.125. The average Bonchev–Trinajstić information content (AvgIpc) is 3.26. The van der Waals surface area contributed by atoms with E-state index in [2.05, 4.69) is 49.6 Å². The minimum atomic E-state index is 0.0890. The zero-order valence-corrected chi connectivity index (χ0v) is 17.9. The molecule has 0 saturated carbocycles. The predicted octanol–water partition coefficient (Wildman–Crippen LogP) is 2.90. The lowest BCUT2D eigenvalue weighted by Gasteiger charge is -2.32. The van der Waals surface area contributed by atoms with Crippen LogP contribution >= 0.6 is 0 Å². The summed E-state index contributed by atoms with van der Waals surface area (Å²) in [5.74, 6) is 1.16. The topological polar surface area (TPSA) is 65.8 Å². The van der Waals surface area contributed by atoms with Gasteiger partial charge in [-0.2, -0.15) is 0 Å². The predicted molar refractivity (Wildman–Crippen MR) is 123 cm³/mol. The highest BCUT2D eigenvalue weighted by atomic mass is 16.1. The van der Waals surface area contributed by atoms with Crippen LogP contribution in [0.2, 0.25) is 0 Å². The number of nitrogens with zero attached hydrogens (tertiary/aromatic N) is 5. The molecule has 2 aliphatic rings. The van der Waals surface area contributed by atoms with Crippen molar-refractivity contribution in [3.8, 4) is 0 Å². The van der Waals surface area contributed by atoms with Gasteiger partial charge in [0.25, 0.3) is 0 Å². The summed E-state index contributed by atoms with van der Waals surface area (Å²) in [4.78, 5) is 17.4. The fourth-order valence-electron chi connectivity index (χ4n) is 4.86. The van der Waals surface area contributed by atoms with Crippen molar-refractivity contribution in [2.45, 2.75) is 32.1 Å². The van der Waals surface area contributed by atoms with Gasteiger partial charge in [-0.05, 0) is 55.9 Å². The third-order valence-corrected chi connectivity index (χ3v) is 6.55. The van der Waals surface area contributed by atoms with Crippen LogP contribution in [-0.2, 0) is 11.2 Å². The highest BCUT2D eigenvalue weighted by molar-refractivity contribution is 5.79. The molecule has 1 fully saturated rings. The maximum absolute atomic E-state index is 12.7. The van der Waals surface area contributed by atoms with Gasteiger partial charge in [-0.1, -0.05) is 24.3 Å². The van der Waals surface area contributed by atoms with Crippen LogP contribution in [0.4, 0.5) is 11.6 Å². The molecule has 31 heavy (non-hydrogen) atoms. The van der Waals surface area contributed by atoms with E-state index in [1.54, 1.807) is 0 Å². The molecule has 0 aliphatic carbocycles. The van der Waals surface area contributed by atoms with E-state index in [4.69, 9.17) is 0 Å². The smallest absolute Gasteiger partial charge is 0.231 e. The summed E-state index contributed by atoms with van der Waals surface area (Å²) in [6.07, 6.45) is 7.06. The van der Waals surface area contributed by atoms with E-state index < -0.39 is 0 Å². The average molecular weight is 419 g/mol. The number of anilines is 2. The number of carbonyl (C=O) groups excluding carboxylic acids is 1. The van der Waals surface area contributed by atoms with Crippen LogP contribution in [-0.4, -0.2) is 53.2 Å². The monoisotopic (exact) mass is 418 g/mol. The van der Waals surface area contributed by atoms with Crippen LogP contribution in [0.25, 0.3) is 5.65 Å². The molecule has 1 saturated heterocycles. The molecule has 3 aromatic rings. The molecule has 0 radical (unpaired) electrons. The SMILES string of the molecule is O=C(NCCCN1CCCc2ccccc21)C1CCN(c2nnc3ccccn23)CC1. The number of aryl methyl sites for hydroxylation is 1. The minimum Gasteiger partial charge on any atom is -0.371 e. The number of aromatic nitrogens is 3. The second kappa shape index (κ2) is 8.96. The number of benzene rings is 1. The summed E-state index contributed by atoms with van der Waals surface area (Å²) < 4.78 is 2.01. The van der Waals surface area contributed by atoms with E-state index in [1.165, 1.54) is 24.1 Å². The van der Waals surface area contributed by atoms with Crippen LogP contribution in [0.5, 0.6) is 0 Å². The molecule has 5 rings (SSSR count). The van der Waals surface area contributed by atoms with Crippen molar-refractivity contribution < 1.29 is 4.79 Å². The molecule has 162 valence electrons. The Bertz CT molecular complexity index is 1040. The number of rotatable bonds is 6. The van der Waals surface area contributed by atoms with Gasteiger partial charge in [0.1, 0.15) is 0 Å². The molecule has 0 bridgehead atoms. The minimum absolute atomic E-state index is 0.0890. The second-order valence-electron chi connectivity index (χ2n) is 8.55. The van der Waals surface area contributed by atoms with Gasteiger partial charge in [0.2, 0.25) is 11.9 Å². The normalized spacial score (nSPS) is 17.0. The first kappa shape index (κ1) is 19.8. The third-order valence-electron chi connectivity index (χ3n) is 6.55. The van der Waals surface area contributed by atoms with Crippen molar-refractivity contribution in [2.75, 3.05) is 42.5 Å². The first-order chi connectivity index (χ1) is 15.3. The quantitative estimate of drug-likeness (QED) is 0.624. The van der Waals surface area contributed by atoms with Crippen LogP contribution in [0, 0.1) is 5.92 Å². The zero-order valence-electron chi connectivity index (χ0n) is 17.9. The van der Waals surface area contributed by atoms with Gasteiger partial charge >= 0.3 is 0 Å². The summed E-state index contributed by atoms with van der Waals surface area (Å²) in [6, 6.07) is 14.6. The number of piperidine rings is 1. The number of para-hydroxylation sites is 1. The van der Waals surface area contributed by atoms with E-state index in [0.717, 1.165) is 63.6 Å². The Balaban J connectivity index is 1.07. The maximum atomic E-state index is 12.7. The largest absolute Gasteiger partial charge is 0.371 e. The standard InChI is InChI=1S/C24H30N6O/c31-23(25-13-6-15-28-14-5-8-19-7-1-2-9-21(19)28)20-11-17-29(18-12-20)24-27-26-22-10-3-4-16-30(22)24/h1-4,7,9-10,16,20H,5-6,8,11-15,17-18H2,(H,25,31). The van der Waals surface area contributed by atoms with Gasteiger partial charge in [-0.15, -0.1) is 10.2 Å². The van der Waals surface area contributed by atoms with E-state index in [-0.39, 0.29) is 11.8 Å². The van der Waals surface area contributed by atoms with Gasteiger partial charge < -0.3 is 15.1 Å². The van der Waals surface area contributed by atoms with Crippen molar-refractivity contribution in [1.82, 2.24) is 19.9 Å².